The van der Waals surface area contributed by atoms with Gasteiger partial charge in [-0.05, 0) is 6.42 Å². The molecule has 0 aromatic rings. The number of hydrogen-bond donors (Lipinski definition) is 2. The zero-order valence-electron chi connectivity index (χ0n) is 17.4. The summed E-state index contributed by atoms with van der Waals surface area (Å²) in [6, 6.07) is 0. The fourth-order valence-corrected chi connectivity index (χ4v) is 3.55. The molecule has 0 saturated heterocycles. The van der Waals surface area contributed by atoms with Crippen molar-refractivity contribution in [2.45, 2.75) is 84.0 Å². The molecule has 7 nitrogen and oxygen atoms in total. The van der Waals surface area contributed by atoms with Crippen molar-refractivity contribution in [2.75, 3.05) is 32.9 Å². The van der Waals surface area contributed by atoms with Crippen molar-refractivity contribution in [1.82, 2.24) is 5.06 Å². The van der Waals surface area contributed by atoms with Gasteiger partial charge in [-0.3, -0.25) is 4.57 Å². The van der Waals surface area contributed by atoms with Crippen molar-refractivity contribution in [2.24, 2.45) is 0 Å². The van der Waals surface area contributed by atoms with E-state index in [0.29, 0.717) is 6.42 Å². The van der Waals surface area contributed by atoms with E-state index in [1.165, 1.54) is 57.8 Å². The molecule has 0 spiro atoms. The van der Waals surface area contributed by atoms with Crippen LogP contribution in [-0.4, -0.2) is 48.2 Å². The molecule has 0 radical (unpaired) electrons. The molecule has 0 bridgehead atoms. The molecular weight excluding hydrogens is 380 g/mol. The van der Waals surface area contributed by atoms with Crippen LogP contribution in [0.3, 0.4) is 0 Å². The molecule has 2 N–H and O–H groups in total. The van der Waals surface area contributed by atoms with Crippen LogP contribution in [0.5, 0.6) is 0 Å². The Balaban J connectivity index is 0. The van der Waals surface area contributed by atoms with E-state index in [1.807, 2.05) is 0 Å². The van der Waals surface area contributed by atoms with Crippen molar-refractivity contribution >= 4 is 7.82 Å². The molecule has 158 valence electrons. The third-order valence-electron chi connectivity index (χ3n) is 4.16. The summed E-state index contributed by atoms with van der Waals surface area (Å²) in [7, 11) is -4.44. The second-order valence-electron chi connectivity index (χ2n) is 6.63. The van der Waals surface area contributed by atoms with Crippen LogP contribution in [-0.2, 0) is 13.7 Å². The number of aliphatic hydroxyl groups excluding tert-OH is 2. The van der Waals surface area contributed by atoms with Crippen LogP contribution in [0, 0.1) is 0 Å². The van der Waals surface area contributed by atoms with Crippen LogP contribution in [0.15, 0.2) is 0 Å². The maximum absolute atomic E-state index is 11.7. The van der Waals surface area contributed by atoms with E-state index in [-0.39, 0.29) is 62.5 Å². The van der Waals surface area contributed by atoms with E-state index < -0.39 is 7.82 Å². The Morgan fingerprint density at radius 1 is 0.815 bits per heavy atom. The molecule has 0 aliphatic heterocycles. The molecule has 0 heterocycles. The average Bonchev–Trinajstić information content (AvgIpc) is 2.59. The average molecular weight is 419 g/mol. The Morgan fingerprint density at radius 2 is 1.22 bits per heavy atom. The maximum atomic E-state index is 11.7. The molecule has 0 aromatic carbocycles. The summed E-state index contributed by atoms with van der Waals surface area (Å²) < 4.78 is 21.2. The van der Waals surface area contributed by atoms with Gasteiger partial charge in [-0.15, -0.1) is 0 Å². The van der Waals surface area contributed by atoms with E-state index in [0.717, 1.165) is 17.9 Å². The standard InChI is InChI=1S/C18H40NO6P.Na/c1-2-3-4-5-6-7-8-9-10-11-12-13-18-24-26(22,23)25-19(14-16-20)15-17-21;/h20-21H,2-18H2,1H3,(H,22,23);/q;+1/p-1. The van der Waals surface area contributed by atoms with Gasteiger partial charge in [0.15, 0.2) is 0 Å². The fourth-order valence-electron chi connectivity index (χ4n) is 2.70. The molecule has 0 aromatic heterocycles. The van der Waals surface area contributed by atoms with Crippen molar-refractivity contribution in [3.05, 3.63) is 0 Å². The topological polar surface area (TPSA) is 102 Å². The molecule has 0 rings (SSSR count). The minimum atomic E-state index is -4.44. The van der Waals surface area contributed by atoms with Crippen molar-refractivity contribution in [3.63, 3.8) is 0 Å². The Kier molecular flexibility index (Phi) is 24.3. The second kappa shape index (κ2) is 21.7. The molecule has 9 heteroatoms. The Bertz CT molecular complexity index is 346. The van der Waals surface area contributed by atoms with Gasteiger partial charge in [0.05, 0.1) is 19.8 Å². The fraction of sp³-hybridized carbons (Fsp3) is 1.00. The number of hydrogen-bond acceptors (Lipinski definition) is 7. The first-order valence-electron chi connectivity index (χ1n) is 10.2. The predicted molar refractivity (Wildman–Crippen MR) is 101 cm³/mol. The van der Waals surface area contributed by atoms with Gasteiger partial charge in [-0.2, -0.15) is 5.06 Å². The molecule has 1 atom stereocenters. The van der Waals surface area contributed by atoms with Crippen molar-refractivity contribution in [1.29, 1.82) is 0 Å². The SMILES string of the molecule is CCCCCCCCCCCCCCOP(=O)([O-])ON(CCO)CCO.[Na+]. The van der Waals surface area contributed by atoms with E-state index in [9.17, 15) is 9.46 Å². The molecule has 0 aliphatic rings. The summed E-state index contributed by atoms with van der Waals surface area (Å²) in [5, 5.41) is 18.6. The zero-order valence-corrected chi connectivity index (χ0v) is 20.3. The smallest absolute Gasteiger partial charge is 0.755 e. The minimum absolute atomic E-state index is 0. The van der Waals surface area contributed by atoms with E-state index in [1.54, 1.807) is 0 Å². The summed E-state index contributed by atoms with van der Waals surface area (Å²) >= 11 is 0. The van der Waals surface area contributed by atoms with Crippen LogP contribution < -0.4 is 34.5 Å². The summed E-state index contributed by atoms with van der Waals surface area (Å²) in [6.45, 7) is 1.79. The number of hydroxylamine groups is 2. The molecule has 27 heavy (non-hydrogen) atoms. The summed E-state index contributed by atoms with van der Waals surface area (Å²) in [5.41, 5.74) is 0. The van der Waals surface area contributed by atoms with Gasteiger partial charge in [-0.25, -0.2) is 4.62 Å². The summed E-state index contributed by atoms with van der Waals surface area (Å²) in [5.74, 6) is 0. The number of phosphoric ester groups is 1. The molecule has 0 fully saturated rings. The Morgan fingerprint density at radius 3 is 1.63 bits per heavy atom. The second-order valence-corrected chi connectivity index (χ2v) is 7.94. The molecule has 0 aliphatic carbocycles. The summed E-state index contributed by atoms with van der Waals surface area (Å²) in [6.07, 6.45) is 14.4. The quantitative estimate of drug-likeness (QED) is 0.127. The molecule has 0 saturated carbocycles. The first-order valence-corrected chi connectivity index (χ1v) is 11.6. The van der Waals surface area contributed by atoms with Gasteiger partial charge in [0.25, 0.3) is 7.82 Å². The molecule has 1 unspecified atom stereocenters. The normalized spacial score (nSPS) is 13.5. The van der Waals surface area contributed by atoms with E-state index >= 15 is 0 Å². The predicted octanol–water partition coefficient (Wildman–Crippen LogP) is 0.395. The van der Waals surface area contributed by atoms with Gasteiger partial charge in [-0.1, -0.05) is 77.6 Å². The summed E-state index contributed by atoms with van der Waals surface area (Å²) in [4.78, 5) is 11.7. The number of nitrogens with zero attached hydrogens (tertiary/aromatic N) is 1. The zero-order chi connectivity index (χ0) is 19.5. The minimum Gasteiger partial charge on any atom is -0.755 e. The third-order valence-corrected chi connectivity index (χ3v) is 5.09. The Labute approximate surface area is 187 Å². The van der Waals surface area contributed by atoms with Crippen LogP contribution in [0.1, 0.15) is 84.0 Å². The van der Waals surface area contributed by atoms with Gasteiger partial charge in [0.1, 0.15) is 0 Å². The van der Waals surface area contributed by atoms with E-state index in [2.05, 4.69) is 6.92 Å². The molecular formula is C18H39NNaO6P. The molecule has 0 amide bonds. The third kappa shape index (κ3) is 21.5. The monoisotopic (exact) mass is 419 g/mol. The number of aliphatic hydroxyl groups is 2. The maximum Gasteiger partial charge on any atom is 1.00 e. The first-order chi connectivity index (χ1) is 12.6. The van der Waals surface area contributed by atoms with Crippen LogP contribution in [0.25, 0.3) is 0 Å². The van der Waals surface area contributed by atoms with Gasteiger partial charge in [0.2, 0.25) is 0 Å². The number of phosphoric acid groups is 1. The van der Waals surface area contributed by atoms with E-state index in [4.69, 9.17) is 19.4 Å². The van der Waals surface area contributed by atoms with Gasteiger partial charge in [0, 0.05) is 13.1 Å². The Hall–Kier alpha value is 0.990. The van der Waals surface area contributed by atoms with Crippen molar-refractivity contribution < 1.29 is 58.4 Å². The van der Waals surface area contributed by atoms with Crippen LogP contribution in [0.2, 0.25) is 0 Å². The number of unbranched alkanes of at least 4 members (excludes halogenated alkanes) is 11. The first kappa shape index (κ1) is 30.2. The van der Waals surface area contributed by atoms with Gasteiger partial charge < -0.3 is 19.6 Å². The van der Waals surface area contributed by atoms with Crippen LogP contribution >= 0.6 is 7.82 Å². The van der Waals surface area contributed by atoms with Crippen LogP contribution in [0.4, 0.5) is 0 Å². The van der Waals surface area contributed by atoms with Gasteiger partial charge >= 0.3 is 29.6 Å². The largest absolute Gasteiger partial charge is 1.00 e. The van der Waals surface area contributed by atoms with Crippen molar-refractivity contribution in [3.8, 4) is 0 Å². The number of rotatable bonds is 20.